The van der Waals surface area contributed by atoms with Crippen LogP contribution in [0.4, 0.5) is 5.13 Å². The van der Waals surface area contributed by atoms with Crippen molar-refractivity contribution in [3.63, 3.8) is 0 Å². The number of thiazole rings is 1. The van der Waals surface area contributed by atoms with Gasteiger partial charge < -0.3 is 14.6 Å². The summed E-state index contributed by atoms with van der Waals surface area (Å²) in [5.41, 5.74) is 1.40. The van der Waals surface area contributed by atoms with Crippen LogP contribution in [-0.4, -0.2) is 40.5 Å². The monoisotopic (exact) mass is 487 g/mol. The van der Waals surface area contributed by atoms with Crippen molar-refractivity contribution in [3.05, 3.63) is 83.7 Å². The molecule has 0 radical (unpaired) electrons. The normalized spacial score (nSPS) is 17.2. The Hall–Kier alpha value is -4.24. The second-order valence-corrected chi connectivity index (χ2v) is 8.72. The first kappa shape index (κ1) is 22.5. The molecule has 0 spiro atoms. The number of anilines is 1. The molecule has 0 saturated carbocycles. The number of hydrogen-bond donors (Lipinski definition) is 1. The van der Waals surface area contributed by atoms with Crippen LogP contribution in [-0.2, 0) is 9.59 Å². The van der Waals surface area contributed by atoms with Crippen LogP contribution in [0.2, 0.25) is 0 Å². The van der Waals surface area contributed by atoms with Gasteiger partial charge in [0.1, 0.15) is 23.3 Å². The molecule has 1 unspecified atom stereocenters. The molecule has 1 saturated heterocycles. The quantitative estimate of drug-likeness (QED) is 0.238. The highest BCUT2D eigenvalue weighted by atomic mass is 32.1. The number of pyridine rings is 1. The fourth-order valence-electron chi connectivity index (χ4n) is 4.03. The summed E-state index contributed by atoms with van der Waals surface area (Å²) in [7, 11) is 1.51. The van der Waals surface area contributed by atoms with Crippen LogP contribution in [0.25, 0.3) is 16.0 Å². The molecule has 1 atom stereocenters. The van der Waals surface area contributed by atoms with Crippen LogP contribution in [0, 0.1) is 0 Å². The third-order valence-corrected chi connectivity index (χ3v) is 6.64. The van der Waals surface area contributed by atoms with Crippen molar-refractivity contribution in [2.75, 3.05) is 18.6 Å². The molecule has 8 nitrogen and oxygen atoms in total. The van der Waals surface area contributed by atoms with Crippen molar-refractivity contribution < 1.29 is 24.2 Å². The molecule has 1 N–H and O–H groups in total. The van der Waals surface area contributed by atoms with Gasteiger partial charge in [0.2, 0.25) is 0 Å². The highest BCUT2D eigenvalue weighted by molar-refractivity contribution is 7.22. The molecule has 2 aromatic heterocycles. The van der Waals surface area contributed by atoms with Crippen LogP contribution < -0.4 is 14.4 Å². The van der Waals surface area contributed by atoms with Gasteiger partial charge in [-0.15, -0.1) is 0 Å². The van der Waals surface area contributed by atoms with Gasteiger partial charge in [-0.1, -0.05) is 29.5 Å². The maximum atomic E-state index is 13.3. The molecular weight excluding hydrogens is 466 g/mol. The number of ketones is 1. The second-order valence-electron chi connectivity index (χ2n) is 7.71. The molecule has 0 bridgehead atoms. The zero-order chi connectivity index (χ0) is 24.5. The molecule has 1 aliphatic rings. The summed E-state index contributed by atoms with van der Waals surface area (Å²) in [5, 5.41) is 11.6. The van der Waals surface area contributed by atoms with Crippen LogP contribution in [0.1, 0.15) is 24.2 Å². The lowest BCUT2D eigenvalue weighted by atomic mass is 9.98. The van der Waals surface area contributed by atoms with E-state index in [1.807, 2.05) is 25.1 Å². The van der Waals surface area contributed by atoms with Gasteiger partial charge in [0.05, 0.1) is 35.2 Å². The van der Waals surface area contributed by atoms with Crippen LogP contribution >= 0.6 is 11.3 Å². The van der Waals surface area contributed by atoms with Crippen LogP contribution in [0.3, 0.4) is 0 Å². The van der Waals surface area contributed by atoms with E-state index in [1.54, 1.807) is 48.7 Å². The predicted molar refractivity (Wildman–Crippen MR) is 133 cm³/mol. The molecule has 3 heterocycles. The zero-order valence-electron chi connectivity index (χ0n) is 19.0. The molecule has 35 heavy (non-hydrogen) atoms. The minimum Gasteiger partial charge on any atom is -0.507 e. The fraction of sp³-hybridized carbons (Fsp3) is 0.154. The number of rotatable bonds is 6. The van der Waals surface area contributed by atoms with Gasteiger partial charge in [-0.05, 0) is 49.4 Å². The van der Waals surface area contributed by atoms with Crippen LogP contribution in [0.5, 0.6) is 11.5 Å². The van der Waals surface area contributed by atoms with Crippen molar-refractivity contribution in [2.45, 2.75) is 13.0 Å². The maximum Gasteiger partial charge on any atom is 0.301 e. The first-order valence-corrected chi connectivity index (χ1v) is 11.7. The van der Waals surface area contributed by atoms with Gasteiger partial charge in [-0.3, -0.25) is 19.5 Å². The Morgan fingerprint density at radius 1 is 1.09 bits per heavy atom. The summed E-state index contributed by atoms with van der Waals surface area (Å²) in [6.45, 7) is 2.42. The molecule has 1 fully saturated rings. The number of carbonyl (C=O) groups is 2. The number of aromatic nitrogens is 2. The number of fused-ring (bicyclic) bond motifs is 1. The minimum absolute atomic E-state index is 0.0591. The summed E-state index contributed by atoms with van der Waals surface area (Å²) in [6, 6.07) is 16.4. The predicted octanol–water partition coefficient (Wildman–Crippen LogP) is 4.72. The molecule has 5 rings (SSSR count). The number of methoxy groups -OCH3 is 1. The maximum absolute atomic E-state index is 13.3. The van der Waals surface area contributed by atoms with E-state index in [0.717, 1.165) is 4.70 Å². The molecule has 4 aromatic rings. The topological polar surface area (TPSA) is 102 Å². The van der Waals surface area contributed by atoms with Crippen molar-refractivity contribution in [2.24, 2.45) is 0 Å². The van der Waals surface area contributed by atoms with Crippen molar-refractivity contribution in [3.8, 4) is 11.5 Å². The highest BCUT2D eigenvalue weighted by Gasteiger charge is 2.48. The van der Waals surface area contributed by atoms with E-state index in [1.165, 1.54) is 23.3 Å². The first-order chi connectivity index (χ1) is 17.0. The highest BCUT2D eigenvalue weighted by Crippen LogP contribution is 2.44. The molecule has 0 aliphatic carbocycles. The van der Waals surface area contributed by atoms with E-state index in [-0.39, 0.29) is 11.3 Å². The number of nitrogens with zero attached hydrogens (tertiary/aromatic N) is 3. The number of benzene rings is 2. The van der Waals surface area contributed by atoms with Gasteiger partial charge in [-0.2, -0.15) is 0 Å². The Kier molecular flexibility index (Phi) is 5.92. The summed E-state index contributed by atoms with van der Waals surface area (Å²) in [4.78, 5) is 36.9. The number of amides is 1. The second kappa shape index (κ2) is 9.19. The van der Waals surface area contributed by atoms with E-state index in [0.29, 0.717) is 40.0 Å². The Bertz CT molecular complexity index is 1460. The van der Waals surface area contributed by atoms with Gasteiger partial charge in [0.15, 0.2) is 5.13 Å². The number of aliphatic hydroxyl groups is 1. The van der Waals surface area contributed by atoms with Gasteiger partial charge in [-0.25, -0.2) is 4.98 Å². The van der Waals surface area contributed by atoms with Crippen molar-refractivity contribution >= 4 is 44.1 Å². The average molecular weight is 488 g/mol. The van der Waals surface area contributed by atoms with Crippen molar-refractivity contribution in [1.29, 1.82) is 0 Å². The molecule has 9 heteroatoms. The molecule has 1 amide bonds. The standard InChI is InChI=1S/C26H21N3O5S/c1-3-34-17-10-11-18-20(14-17)35-26(28-18)29-22(19-9-4-5-12-27-19)21(24(31)25(29)32)23(30)15-7-6-8-16(13-15)33-2/h4-14,22,30H,3H2,1-2H3/b23-21+. The van der Waals surface area contributed by atoms with Gasteiger partial charge >= 0.3 is 5.91 Å². The van der Waals surface area contributed by atoms with E-state index < -0.39 is 17.7 Å². The van der Waals surface area contributed by atoms with E-state index in [9.17, 15) is 14.7 Å². The largest absolute Gasteiger partial charge is 0.507 e. The molecule has 2 aromatic carbocycles. The van der Waals surface area contributed by atoms with Crippen molar-refractivity contribution in [1.82, 2.24) is 9.97 Å². The number of Topliss-reactive ketones (excluding diaryl/α,β-unsaturated/α-hetero) is 1. The SMILES string of the molecule is CCOc1ccc2nc(N3C(=O)C(=O)/C(=C(/O)c4cccc(OC)c4)C3c3ccccn3)sc2c1. The summed E-state index contributed by atoms with van der Waals surface area (Å²) in [5.74, 6) is -0.699. The van der Waals surface area contributed by atoms with E-state index in [2.05, 4.69) is 9.97 Å². The van der Waals surface area contributed by atoms with E-state index in [4.69, 9.17) is 9.47 Å². The number of carbonyl (C=O) groups excluding carboxylic acids is 2. The van der Waals surface area contributed by atoms with E-state index >= 15 is 0 Å². The lowest BCUT2D eigenvalue weighted by molar-refractivity contribution is -0.132. The van der Waals surface area contributed by atoms with Gasteiger partial charge in [0.25, 0.3) is 5.78 Å². The smallest absolute Gasteiger partial charge is 0.301 e. The third-order valence-electron chi connectivity index (χ3n) is 5.62. The lowest BCUT2D eigenvalue weighted by Gasteiger charge is -2.22. The molecule has 1 aliphatic heterocycles. The minimum atomic E-state index is -0.950. The summed E-state index contributed by atoms with van der Waals surface area (Å²) in [6.07, 6.45) is 1.58. The fourth-order valence-corrected chi connectivity index (χ4v) is 5.05. The first-order valence-electron chi connectivity index (χ1n) is 10.9. The number of aliphatic hydroxyl groups excluding tert-OH is 1. The molecular formula is C26H21N3O5S. The Balaban J connectivity index is 1.68. The zero-order valence-corrected chi connectivity index (χ0v) is 19.8. The summed E-state index contributed by atoms with van der Waals surface area (Å²) >= 11 is 1.26. The van der Waals surface area contributed by atoms with Crippen LogP contribution in [0.15, 0.2) is 72.4 Å². The summed E-state index contributed by atoms with van der Waals surface area (Å²) < 4.78 is 11.6. The Morgan fingerprint density at radius 2 is 1.94 bits per heavy atom. The van der Waals surface area contributed by atoms with Gasteiger partial charge in [0, 0.05) is 11.8 Å². The molecule has 176 valence electrons. The third kappa shape index (κ3) is 4.00. The lowest BCUT2D eigenvalue weighted by Crippen LogP contribution is -2.29. The average Bonchev–Trinajstić information content (AvgIpc) is 3.42. The Labute approximate surface area is 205 Å². The number of ether oxygens (including phenoxy) is 2. The number of hydrogen-bond acceptors (Lipinski definition) is 8. The Morgan fingerprint density at radius 3 is 2.69 bits per heavy atom.